The van der Waals surface area contributed by atoms with E-state index in [0.717, 1.165) is 46.8 Å². The number of carbonyl (C=O) groups is 2. The Balaban J connectivity index is 1.15. The molecule has 0 bridgehead atoms. The van der Waals surface area contributed by atoms with Gasteiger partial charge in [0, 0.05) is 21.9 Å². The van der Waals surface area contributed by atoms with Crippen LogP contribution < -0.4 is 10.6 Å². The van der Waals surface area contributed by atoms with Gasteiger partial charge in [0.15, 0.2) is 0 Å². The third-order valence-corrected chi connectivity index (χ3v) is 8.73. The molecule has 2 unspecified atom stereocenters. The summed E-state index contributed by atoms with van der Waals surface area (Å²) in [6.07, 6.45) is 4.34. The quantitative estimate of drug-likeness (QED) is 0.244. The normalized spacial score (nSPS) is 17.2. The summed E-state index contributed by atoms with van der Waals surface area (Å²) in [6, 6.07) is 14.5. The monoisotopic (exact) mass is 586 g/mol. The summed E-state index contributed by atoms with van der Waals surface area (Å²) in [5.41, 5.74) is 1.68. The number of rotatable bonds is 8. The number of nitrogens with one attached hydrogen (secondary N) is 2. The molecule has 12 heteroatoms. The number of amides is 2. The summed E-state index contributed by atoms with van der Waals surface area (Å²) < 4.78 is 0. The lowest BCUT2D eigenvalue weighted by atomic mass is 9.82. The maximum atomic E-state index is 12.4. The second-order valence-electron chi connectivity index (χ2n) is 9.16. The molecule has 0 radical (unpaired) electrons. The van der Waals surface area contributed by atoms with Crippen LogP contribution in [0, 0.1) is 0 Å². The molecule has 0 spiro atoms. The van der Waals surface area contributed by atoms with Gasteiger partial charge in [-0.25, -0.2) is 0 Å². The standard InChI is InChI=1S/C26H24Cl2N6O2S2/c27-19-8-1-4-15(10-19)12-21(35)29-25-33-31-23(37-25)17-6-3-7-18(14-17)24-32-34-26(38-24)30-22(36)13-16-5-2-9-20(28)11-16/h1-2,4-5,8-11,17-18H,3,6-7,12-14H2,(H,29,33,35)(H,30,34,36). The number of hydrogen-bond donors (Lipinski definition) is 2. The Morgan fingerprint density at radius 3 is 1.68 bits per heavy atom. The summed E-state index contributed by atoms with van der Waals surface area (Å²) in [6.45, 7) is 0. The molecule has 2 atom stereocenters. The minimum atomic E-state index is -0.157. The van der Waals surface area contributed by atoms with E-state index < -0.39 is 0 Å². The maximum Gasteiger partial charge on any atom is 0.230 e. The molecule has 4 aromatic rings. The Morgan fingerprint density at radius 2 is 1.24 bits per heavy atom. The van der Waals surface area contributed by atoms with Gasteiger partial charge in [-0.15, -0.1) is 20.4 Å². The first-order valence-electron chi connectivity index (χ1n) is 12.2. The van der Waals surface area contributed by atoms with Crippen LogP contribution in [0.25, 0.3) is 0 Å². The van der Waals surface area contributed by atoms with Gasteiger partial charge in [-0.2, -0.15) is 0 Å². The molecule has 1 saturated carbocycles. The zero-order chi connectivity index (χ0) is 26.5. The van der Waals surface area contributed by atoms with E-state index in [9.17, 15) is 9.59 Å². The minimum Gasteiger partial charge on any atom is -0.300 e. The molecular weight excluding hydrogens is 563 g/mol. The van der Waals surface area contributed by atoms with Crippen LogP contribution in [-0.2, 0) is 22.4 Å². The Morgan fingerprint density at radius 1 is 0.763 bits per heavy atom. The Bertz CT molecular complexity index is 1340. The molecule has 5 rings (SSSR count). The predicted molar refractivity (Wildman–Crippen MR) is 151 cm³/mol. The highest BCUT2D eigenvalue weighted by Gasteiger charge is 2.29. The zero-order valence-electron chi connectivity index (χ0n) is 20.2. The van der Waals surface area contributed by atoms with E-state index in [4.69, 9.17) is 23.2 Å². The van der Waals surface area contributed by atoms with Gasteiger partial charge in [-0.3, -0.25) is 9.59 Å². The summed E-state index contributed by atoms with van der Waals surface area (Å²) in [7, 11) is 0. The van der Waals surface area contributed by atoms with Gasteiger partial charge in [0.1, 0.15) is 10.0 Å². The molecule has 1 fully saturated rings. The fourth-order valence-corrected chi connectivity index (χ4v) is 6.77. The van der Waals surface area contributed by atoms with E-state index in [1.807, 2.05) is 24.3 Å². The van der Waals surface area contributed by atoms with Crippen LogP contribution in [0.5, 0.6) is 0 Å². The van der Waals surface area contributed by atoms with E-state index in [2.05, 4.69) is 31.0 Å². The third kappa shape index (κ3) is 7.13. The Hall–Kier alpha value is -2.92. The second-order valence-corrected chi connectivity index (χ2v) is 12.1. The molecule has 0 saturated heterocycles. The SMILES string of the molecule is O=C(Cc1cccc(Cl)c1)Nc1nnc(C2CCCC(c3nnc(NC(=O)Cc4cccc(Cl)c4)s3)C2)s1. The average Bonchev–Trinajstić information content (AvgIpc) is 3.54. The number of benzene rings is 2. The van der Waals surface area contributed by atoms with Crippen molar-refractivity contribution < 1.29 is 9.59 Å². The van der Waals surface area contributed by atoms with Gasteiger partial charge in [0.05, 0.1) is 12.8 Å². The highest BCUT2D eigenvalue weighted by atomic mass is 35.5. The van der Waals surface area contributed by atoms with Gasteiger partial charge in [-0.1, -0.05) is 76.6 Å². The largest absolute Gasteiger partial charge is 0.300 e. The van der Waals surface area contributed by atoms with Crippen LogP contribution in [-0.4, -0.2) is 32.2 Å². The molecule has 196 valence electrons. The van der Waals surface area contributed by atoms with E-state index in [1.165, 1.54) is 22.7 Å². The van der Waals surface area contributed by atoms with Crippen LogP contribution in [0.1, 0.15) is 58.7 Å². The van der Waals surface area contributed by atoms with Crippen LogP contribution in [0.3, 0.4) is 0 Å². The second kappa shape index (κ2) is 12.3. The summed E-state index contributed by atoms with van der Waals surface area (Å²) in [4.78, 5) is 24.9. The first-order valence-corrected chi connectivity index (χ1v) is 14.6. The maximum absolute atomic E-state index is 12.4. The predicted octanol–water partition coefficient (Wildman–Crippen LogP) is 6.50. The van der Waals surface area contributed by atoms with Crippen LogP contribution in [0.15, 0.2) is 48.5 Å². The molecule has 38 heavy (non-hydrogen) atoms. The van der Waals surface area contributed by atoms with Crippen molar-refractivity contribution in [2.75, 3.05) is 10.6 Å². The lowest BCUT2D eigenvalue weighted by Crippen LogP contribution is -2.14. The fourth-order valence-electron chi connectivity index (χ4n) is 4.53. The van der Waals surface area contributed by atoms with Gasteiger partial charge < -0.3 is 10.6 Å². The minimum absolute atomic E-state index is 0.157. The molecule has 2 amide bonds. The average molecular weight is 588 g/mol. The number of nitrogens with zero attached hydrogens (tertiary/aromatic N) is 4. The smallest absolute Gasteiger partial charge is 0.230 e. The molecule has 1 aliphatic carbocycles. The van der Waals surface area contributed by atoms with Gasteiger partial charge in [-0.05, 0) is 54.7 Å². The van der Waals surface area contributed by atoms with Crippen molar-refractivity contribution in [3.63, 3.8) is 0 Å². The lowest BCUT2D eigenvalue weighted by molar-refractivity contribution is -0.116. The van der Waals surface area contributed by atoms with Crippen molar-refractivity contribution in [1.82, 2.24) is 20.4 Å². The van der Waals surface area contributed by atoms with Crippen molar-refractivity contribution in [2.24, 2.45) is 0 Å². The number of anilines is 2. The van der Waals surface area contributed by atoms with Crippen molar-refractivity contribution >= 4 is 68.0 Å². The molecule has 1 aliphatic rings. The molecule has 2 heterocycles. The van der Waals surface area contributed by atoms with Crippen LogP contribution in [0.2, 0.25) is 10.0 Å². The van der Waals surface area contributed by atoms with E-state index in [1.54, 1.807) is 24.3 Å². The van der Waals surface area contributed by atoms with Crippen LogP contribution >= 0.6 is 45.9 Å². The number of aromatic nitrogens is 4. The molecule has 2 N–H and O–H groups in total. The van der Waals surface area contributed by atoms with E-state index in [0.29, 0.717) is 20.3 Å². The van der Waals surface area contributed by atoms with Crippen LogP contribution in [0.4, 0.5) is 10.3 Å². The summed E-state index contributed by atoms with van der Waals surface area (Å²) in [5, 5.41) is 26.8. The highest BCUT2D eigenvalue weighted by molar-refractivity contribution is 7.15. The zero-order valence-corrected chi connectivity index (χ0v) is 23.3. The molecule has 8 nitrogen and oxygen atoms in total. The van der Waals surface area contributed by atoms with Gasteiger partial charge in [0.2, 0.25) is 22.1 Å². The molecular formula is C26H24Cl2N6O2S2. The molecule has 2 aromatic heterocycles. The van der Waals surface area contributed by atoms with Crippen molar-refractivity contribution in [2.45, 2.75) is 50.4 Å². The topological polar surface area (TPSA) is 110 Å². The lowest BCUT2D eigenvalue weighted by Gasteiger charge is -2.25. The van der Waals surface area contributed by atoms with Gasteiger partial charge >= 0.3 is 0 Å². The highest BCUT2D eigenvalue weighted by Crippen LogP contribution is 2.43. The fraction of sp³-hybridized carbons (Fsp3) is 0.308. The molecule has 2 aromatic carbocycles. The Labute approximate surface area is 237 Å². The Kier molecular flexibility index (Phi) is 8.63. The van der Waals surface area contributed by atoms with E-state index in [-0.39, 0.29) is 36.5 Å². The van der Waals surface area contributed by atoms with Crippen molar-refractivity contribution in [3.05, 3.63) is 79.7 Å². The summed E-state index contributed by atoms with van der Waals surface area (Å²) in [5.74, 6) is 0.148. The number of carbonyl (C=O) groups excluding carboxylic acids is 2. The number of hydrogen-bond acceptors (Lipinski definition) is 8. The van der Waals surface area contributed by atoms with Crippen molar-refractivity contribution in [3.8, 4) is 0 Å². The first kappa shape index (κ1) is 26.7. The first-order chi connectivity index (χ1) is 18.4. The third-order valence-electron chi connectivity index (χ3n) is 6.25. The van der Waals surface area contributed by atoms with Crippen molar-refractivity contribution in [1.29, 1.82) is 0 Å². The molecule has 0 aliphatic heterocycles. The van der Waals surface area contributed by atoms with E-state index >= 15 is 0 Å². The number of halogens is 2. The van der Waals surface area contributed by atoms with Gasteiger partial charge in [0.25, 0.3) is 0 Å². The summed E-state index contributed by atoms with van der Waals surface area (Å²) >= 11 is 14.8.